The third-order valence-electron chi connectivity index (χ3n) is 5.30. The molecule has 2 saturated heterocycles. The number of amides is 2. The van der Waals surface area contributed by atoms with Gasteiger partial charge < -0.3 is 20.6 Å². The fourth-order valence-corrected chi connectivity index (χ4v) is 3.72. The summed E-state index contributed by atoms with van der Waals surface area (Å²) in [4.78, 5) is 37.4. The smallest absolute Gasteiger partial charge is 0.272 e. The Balaban J connectivity index is 0.00000280. The molecule has 0 saturated carbocycles. The number of nitrogens with one attached hydrogen (secondary N) is 2. The van der Waals surface area contributed by atoms with E-state index in [0.717, 1.165) is 6.42 Å². The summed E-state index contributed by atoms with van der Waals surface area (Å²) in [6.07, 6.45) is 0.827. The summed E-state index contributed by atoms with van der Waals surface area (Å²) in [5, 5.41) is 26.7. The highest BCUT2D eigenvalue weighted by atomic mass is 35.5. The number of aliphatic hydroxyl groups is 1. The molecule has 0 bridgehead atoms. The fraction of sp³-hybridized carbons (Fsp3) is 0.556. The number of carbonyl (C=O) groups is 2. The van der Waals surface area contributed by atoms with Gasteiger partial charge in [0, 0.05) is 49.3 Å². The lowest BCUT2D eigenvalue weighted by Crippen LogP contribution is -2.47. The Labute approximate surface area is 169 Å². The van der Waals surface area contributed by atoms with Crippen molar-refractivity contribution in [2.24, 2.45) is 5.92 Å². The van der Waals surface area contributed by atoms with Crippen LogP contribution < -0.4 is 10.6 Å². The summed E-state index contributed by atoms with van der Waals surface area (Å²) in [7, 11) is 0. The van der Waals surface area contributed by atoms with Gasteiger partial charge in [-0.15, -0.1) is 12.4 Å². The molecule has 2 fully saturated rings. The van der Waals surface area contributed by atoms with E-state index < -0.39 is 17.1 Å². The third kappa shape index (κ3) is 4.60. The molecule has 0 aromatic heterocycles. The van der Waals surface area contributed by atoms with Crippen LogP contribution in [-0.2, 0) is 4.79 Å². The van der Waals surface area contributed by atoms with E-state index in [1.165, 1.54) is 23.1 Å². The molecule has 154 valence electrons. The molecule has 1 aromatic carbocycles. The minimum Gasteiger partial charge on any atom is -0.391 e. The highest BCUT2D eigenvalue weighted by Gasteiger charge is 2.35. The van der Waals surface area contributed by atoms with Crippen molar-refractivity contribution in [2.75, 3.05) is 26.2 Å². The number of halogens is 1. The van der Waals surface area contributed by atoms with E-state index in [1.54, 1.807) is 6.92 Å². The van der Waals surface area contributed by atoms with E-state index in [1.807, 2.05) is 0 Å². The molecule has 0 aliphatic carbocycles. The molecule has 3 atom stereocenters. The van der Waals surface area contributed by atoms with E-state index in [4.69, 9.17) is 0 Å². The number of rotatable bonds is 5. The molecule has 3 N–H and O–H groups in total. The van der Waals surface area contributed by atoms with Crippen molar-refractivity contribution in [1.82, 2.24) is 15.5 Å². The maximum absolute atomic E-state index is 12.8. The number of likely N-dealkylation sites (tertiary alicyclic amines) is 1. The quantitative estimate of drug-likeness (QED) is 0.481. The van der Waals surface area contributed by atoms with Gasteiger partial charge in [-0.1, -0.05) is 0 Å². The number of nitro groups is 1. The first kappa shape index (κ1) is 22.1. The molecule has 9 nitrogen and oxygen atoms in total. The van der Waals surface area contributed by atoms with Crippen LogP contribution in [0.3, 0.4) is 0 Å². The maximum Gasteiger partial charge on any atom is 0.272 e. The first-order valence-electron chi connectivity index (χ1n) is 9.11. The van der Waals surface area contributed by atoms with Crippen LogP contribution in [0.5, 0.6) is 0 Å². The Morgan fingerprint density at radius 3 is 2.75 bits per heavy atom. The van der Waals surface area contributed by atoms with Crippen LogP contribution >= 0.6 is 12.4 Å². The van der Waals surface area contributed by atoms with Gasteiger partial charge in [-0.05, 0) is 31.9 Å². The molecule has 2 aliphatic rings. The number of aryl methyl sites for hydroxylation is 1. The Morgan fingerprint density at radius 2 is 2.14 bits per heavy atom. The van der Waals surface area contributed by atoms with Gasteiger partial charge in [-0.25, -0.2) is 0 Å². The highest BCUT2D eigenvalue weighted by molar-refractivity contribution is 5.98. The van der Waals surface area contributed by atoms with Crippen LogP contribution in [0.15, 0.2) is 18.2 Å². The molecule has 1 aromatic rings. The SMILES string of the molecule is Cc1cc(C(=O)N2CCCC2C(=O)NCC2CNCC2O)ccc1[N+](=O)[O-].Cl. The van der Waals surface area contributed by atoms with Gasteiger partial charge in [-0.2, -0.15) is 0 Å². The van der Waals surface area contributed by atoms with Crippen molar-refractivity contribution >= 4 is 29.9 Å². The predicted molar refractivity (Wildman–Crippen MR) is 105 cm³/mol. The van der Waals surface area contributed by atoms with Crippen molar-refractivity contribution in [2.45, 2.75) is 31.9 Å². The van der Waals surface area contributed by atoms with Crippen LogP contribution in [0, 0.1) is 23.0 Å². The lowest BCUT2D eigenvalue weighted by Gasteiger charge is -2.25. The van der Waals surface area contributed by atoms with Gasteiger partial charge in [0.25, 0.3) is 11.6 Å². The summed E-state index contributed by atoms with van der Waals surface area (Å²) >= 11 is 0. The zero-order valence-electron chi connectivity index (χ0n) is 15.6. The second kappa shape index (κ2) is 9.31. The van der Waals surface area contributed by atoms with E-state index in [-0.39, 0.29) is 35.8 Å². The Kier molecular flexibility index (Phi) is 7.34. The lowest BCUT2D eigenvalue weighted by atomic mass is 10.1. The minimum atomic E-state index is -0.556. The molecule has 2 aliphatic heterocycles. The van der Waals surface area contributed by atoms with Crippen molar-refractivity contribution in [3.05, 3.63) is 39.4 Å². The standard InChI is InChI=1S/C18H24N4O5.ClH/c1-11-7-12(4-5-14(11)22(26)27)18(25)21-6-2-3-15(21)17(24)20-9-13-8-19-10-16(13)23;/h4-5,7,13,15-16,19,23H,2-3,6,8-10H2,1H3,(H,20,24);1H. The molecule has 2 amide bonds. The van der Waals surface area contributed by atoms with Crippen molar-refractivity contribution in [3.8, 4) is 0 Å². The molecule has 10 heteroatoms. The topological polar surface area (TPSA) is 125 Å². The average Bonchev–Trinajstić information content (AvgIpc) is 3.27. The molecule has 3 rings (SSSR count). The third-order valence-corrected chi connectivity index (χ3v) is 5.30. The Hall–Kier alpha value is -2.23. The largest absolute Gasteiger partial charge is 0.391 e. The van der Waals surface area contributed by atoms with Crippen molar-refractivity contribution in [3.63, 3.8) is 0 Å². The van der Waals surface area contributed by atoms with Crippen molar-refractivity contribution < 1.29 is 19.6 Å². The predicted octanol–water partition coefficient (Wildman–Crippen LogP) is 0.626. The summed E-state index contributed by atoms with van der Waals surface area (Å²) < 4.78 is 0. The second-order valence-electron chi connectivity index (χ2n) is 7.15. The number of hydrogen-bond acceptors (Lipinski definition) is 6. The number of aliphatic hydroxyl groups excluding tert-OH is 1. The Bertz CT molecular complexity index is 759. The summed E-state index contributed by atoms with van der Waals surface area (Å²) in [5.41, 5.74) is 0.716. The molecule has 2 heterocycles. The van der Waals surface area contributed by atoms with Crippen LogP contribution in [0.2, 0.25) is 0 Å². The number of nitrogens with zero attached hydrogens (tertiary/aromatic N) is 2. The first-order chi connectivity index (χ1) is 12.9. The van der Waals surface area contributed by atoms with Crippen molar-refractivity contribution in [1.29, 1.82) is 0 Å². The van der Waals surface area contributed by atoms with Gasteiger partial charge in [0.2, 0.25) is 5.91 Å². The number of hydrogen-bond donors (Lipinski definition) is 3. The van der Waals surface area contributed by atoms with Gasteiger partial charge in [0.1, 0.15) is 6.04 Å². The van der Waals surface area contributed by atoms with Gasteiger partial charge in [0.15, 0.2) is 0 Å². The number of benzene rings is 1. The summed E-state index contributed by atoms with van der Waals surface area (Å²) in [5.74, 6) is -0.552. The Morgan fingerprint density at radius 1 is 1.39 bits per heavy atom. The molecule has 3 unspecified atom stereocenters. The highest BCUT2D eigenvalue weighted by Crippen LogP contribution is 2.24. The lowest BCUT2D eigenvalue weighted by molar-refractivity contribution is -0.385. The number of nitro benzene ring substituents is 1. The van der Waals surface area contributed by atoms with Gasteiger partial charge in [-0.3, -0.25) is 19.7 Å². The van der Waals surface area contributed by atoms with Crippen LogP contribution in [-0.4, -0.2) is 65.1 Å². The zero-order chi connectivity index (χ0) is 19.6. The van der Waals surface area contributed by atoms with Gasteiger partial charge >= 0.3 is 0 Å². The zero-order valence-corrected chi connectivity index (χ0v) is 16.4. The van der Waals surface area contributed by atoms with E-state index in [0.29, 0.717) is 43.7 Å². The summed E-state index contributed by atoms with van der Waals surface area (Å²) in [6, 6.07) is 3.69. The number of carbonyl (C=O) groups excluding carboxylic acids is 2. The van der Waals surface area contributed by atoms with E-state index in [9.17, 15) is 24.8 Å². The number of β-amino-alcohol motifs (C(OH)–C–C–N with tert-alkyl or cyclic N) is 1. The van der Waals surface area contributed by atoms with Gasteiger partial charge in [0.05, 0.1) is 11.0 Å². The molecule has 0 spiro atoms. The average molecular weight is 413 g/mol. The first-order valence-corrected chi connectivity index (χ1v) is 9.11. The van der Waals surface area contributed by atoms with E-state index in [2.05, 4.69) is 10.6 Å². The molecular formula is C18H25ClN4O5. The molecule has 28 heavy (non-hydrogen) atoms. The fourth-order valence-electron chi connectivity index (χ4n) is 3.72. The van der Waals surface area contributed by atoms with Crippen LogP contribution in [0.1, 0.15) is 28.8 Å². The summed E-state index contributed by atoms with van der Waals surface area (Å²) in [6.45, 7) is 3.59. The van der Waals surface area contributed by atoms with Crippen LogP contribution in [0.4, 0.5) is 5.69 Å². The van der Waals surface area contributed by atoms with Crippen LogP contribution in [0.25, 0.3) is 0 Å². The second-order valence-corrected chi connectivity index (χ2v) is 7.15. The molecule has 0 radical (unpaired) electrons. The van der Waals surface area contributed by atoms with E-state index >= 15 is 0 Å². The molecular weight excluding hydrogens is 388 g/mol. The minimum absolute atomic E-state index is 0. The monoisotopic (exact) mass is 412 g/mol. The normalized spacial score (nSPS) is 23.9. The maximum atomic E-state index is 12.8.